The van der Waals surface area contributed by atoms with Gasteiger partial charge >= 0.3 is 0 Å². The molecule has 0 aliphatic carbocycles. The van der Waals surface area contributed by atoms with Crippen LogP contribution >= 0.6 is 12.6 Å². The number of azo groups is 1. The van der Waals surface area contributed by atoms with Gasteiger partial charge in [-0.25, -0.2) is 4.39 Å². The molecule has 1 N–H and O–H groups in total. The third-order valence-corrected chi connectivity index (χ3v) is 2.74. The molecule has 8 heteroatoms. The second-order valence-electron chi connectivity index (χ2n) is 2.55. The van der Waals surface area contributed by atoms with Gasteiger partial charge in [0.1, 0.15) is 16.4 Å². The molecule has 15 heavy (non-hydrogen) atoms. The van der Waals surface area contributed by atoms with Gasteiger partial charge in [0.2, 0.25) is 0 Å². The van der Waals surface area contributed by atoms with Crippen LogP contribution in [0.2, 0.25) is 0 Å². The van der Waals surface area contributed by atoms with E-state index in [1.54, 1.807) is 0 Å². The van der Waals surface area contributed by atoms with Crippen molar-refractivity contribution in [2.75, 3.05) is 7.05 Å². The third-order valence-electron chi connectivity index (χ3n) is 1.51. The topological polar surface area (TPSA) is 79.1 Å². The smallest absolute Gasteiger partial charge is 0.282 e. The number of halogens is 1. The molecule has 82 valence electrons. The zero-order valence-corrected chi connectivity index (χ0v) is 9.26. The predicted molar refractivity (Wildman–Crippen MR) is 53.9 cm³/mol. The summed E-state index contributed by atoms with van der Waals surface area (Å²) in [5, 5.41) is 6.70. The lowest BCUT2D eigenvalue weighted by Gasteiger charge is -2.03. The Bertz CT molecular complexity index is 513. The van der Waals surface area contributed by atoms with Crippen molar-refractivity contribution in [1.29, 1.82) is 0 Å². The first-order valence-electron chi connectivity index (χ1n) is 3.66. The first-order valence-corrected chi connectivity index (χ1v) is 5.55. The van der Waals surface area contributed by atoms with Gasteiger partial charge in [0.05, 0.1) is 0 Å². The van der Waals surface area contributed by atoms with Gasteiger partial charge in [0, 0.05) is 18.0 Å². The van der Waals surface area contributed by atoms with Gasteiger partial charge in [-0.1, -0.05) is 0 Å². The van der Waals surface area contributed by atoms with Crippen molar-refractivity contribution in [3.05, 3.63) is 17.9 Å². The van der Waals surface area contributed by atoms with Crippen molar-refractivity contribution in [2.24, 2.45) is 10.2 Å². The molecular weight excluding hydrogens is 243 g/mol. The number of nitrogens with zero attached hydrogens (tertiary/aromatic N) is 2. The minimum Gasteiger partial charge on any atom is -0.282 e. The lowest BCUT2D eigenvalue weighted by atomic mass is 10.3. The molecule has 0 aliphatic heterocycles. The molecule has 0 bridgehead atoms. The van der Waals surface area contributed by atoms with Gasteiger partial charge in [-0.05, 0) is 6.07 Å². The van der Waals surface area contributed by atoms with E-state index in [9.17, 15) is 12.8 Å². The van der Waals surface area contributed by atoms with Crippen molar-refractivity contribution in [2.45, 2.75) is 9.79 Å². The fraction of sp³-hybridized carbons (Fsp3) is 0.143. The number of rotatable bonds is 2. The lowest BCUT2D eigenvalue weighted by molar-refractivity contribution is 0.482. The first-order chi connectivity index (χ1) is 6.86. The second-order valence-corrected chi connectivity index (χ2v) is 4.42. The minimum atomic E-state index is -4.46. The van der Waals surface area contributed by atoms with Crippen LogP contribution in [0.4, 0.5) is 10.1 Å². The van der Waals surface area contributed by atoms with Crippen LogP contribution < -0.4 is 0 Å². The van der Waals surface area contributed by atoms with Crippen molar-refractivity contribution in [3.8, 4) is 0 Å². The van der Waals surface area contributed by atoms with Crippen LogP contribution in [0.3, 0.4) is 0 Å². The van der Waals surface area contributed by atoms with E-state index in [1.807, 2.05) is 0 Å². The molecule has 0 saturated heterocycles. The second kappa shape index (κ2) is 4.25. The quantitative estimate of drug-likeness (QED) is 0.479. The van der Waals surface area contributed by atoms with Gasteiger partial charge < -0.3 is 0 Å². The number of hydrogen-bond acceptors (Lipinski definition) is 5. The van der Waals surface area contributed by atoms with E-state index < -0.39 is 20.8 Å². The van der Waals surface area contributed by atoms with Crippen LogP contribution in [0, 0.1) is 5.82 Å². The van der Waals surface area contributed by atoms with Crippen LogP contribution in [-0.4, -0.2) is 20.0 Å². The molecule has 0 amide bonds. The van der Waals surface area contributed by atoms with E-state index in [1.165, 1.54) is 7.05 Å². The molecule has 1 rings (SSSR count). The molecule has 1 aromatic carbocycles. The number of hydrogen-bond donors (Lipinski definition) is 2. The molecular formula is C7H7FN2O3S2. The van der Waals surface area contributed by atoms with Crippen molar-refractivity contribution in [3.63, 3.8) is 0 Å². The van der Waals surface area contributed by atoms with E-state index in [2.05, 4.69) is 22.9 Å². The standard InChI is InChI=1S/C7H7FN2O3S2/c1-9-10-5-2-4(8)6(14)3-7(5)15(11,12)13/h2-3,14H,1H3,(H,11,12,13). The van der Waals surface area contributed by atoms with Crippen LogP contribution in [0.15, 0.2) is 32.2 Å². The Morgan fingerprint density at radius 3 is 2.53 bits per heavy atom. The average molecular weight is 250 g/mol. The molecule has 0 atom stereocenters. The molecule has 5 nitrogen and oxygen atoms in total. The molecule has 0 heterocycles. The summed E-state index contributed by atoms with van der Waals surface area (Å²) in [6.07, 6.45) is 0. The summed E-state index contributed by atoms with van der Waals surface area (Å²) in [4.78, 5) is -0.725. The Morgan fingerprint density at radius 2 is 2.07 bits per heavy atom. The Kier molecular flexibility index (Phi) is 3.42. The van der Waals surface area contributed by atoms with Crippen LogP contribution in [0.5, 0.6) is 0 Å². The molecule has 0 aliphatic rings. The van der Waals surface area contributed by atoms with Crippen molar-refractivity contribution >= 4 is 28.4 Å². The van der Waals surface area contributed by atoms with Crippen LogP contribution in [0.25, 0.3) is 0 Å². The van der Waals surface area contributed by atoms with Gasteiger partial charge in [-0.3, -0.25) is 4.55 Å². The third kappa shape index (κ3) is 2.74. The van der Waals surface area contributed by atoms with Gasteiger partial charge in [-0.2, -0.15) is 18.6 Å². The molecule has 0 saturated carbocycles. The van der Waals surface area contributed by atoms with E-state index in [0.717, 1.165) is 12.1 Å². The van der Waals surface area contributed by atoms with E-state index >= 15 is 0 Å². The molecule has 0 spiro atoms. The van der Waals surface area contributed by atoms with Crippen molar-refractivity contribution < 1.29 is 17.4 Å². The summed E-state index contributed by atoms with van der Waals surface area (Å²) >= 11 is 3.69. The van der Waals surface area contributed by atoms with E-state index in [4.69, 9.17) is 4.55 Å². The highest BCUT2D eigenvalue weighted by Gasteiger charge is 2.18. The average Bonchev–Trinajstić information content (AvgIpc) is 2.09. The van der Waals surface area contributed by atoms with E-state index in [-0.39, 0.29) is 10.6 Å². The first kappa shape index (κ1) is 12.1. The normalized spacial score (nSPS) is 12.3. The maximum absolute atomic E-state index is 13.0. The SMILES string of the molecule is CN=Nc1cc(F)c(S)cc1S(=O)(=O)O. The summed E-state index contributed by atoms with van der Waals surface area (Å²) in [5.74, 6) is -0.742. The fourth-order valence-electron chi connectivity index (χ4n) is 0.925. The van der Waals surface area contributed by atoms with Gasteiger partial charge in [0.15, 0.2) is 0 Å². The van der Waals surface area contributed by atoms with Gasteiger partial charge in [0.25, 0.3) is 10.1 Å². The van der Waals surface area contributed by atoms with Crippen LogP contribution in [0.1, 0.15) is 0 Å². The molecule has 0 aromatic heterocycles. The predicted octanol–water partition coefficient (Wildman–Crippen LogP) is 2.07. The summed E-state index contributed by atoms with van der Waals surface area (Å²) in [7, 11) is -3.17. The Hall–Kier alpha value is -0.990. The van der Waals surface area contributed by atoms with Crippen LogP contribution in [-0.2, 0) is 10.1 Å². The molecule has 0 fully saturated rings. The summed E-state index contributed by atoms with van der Waals surface area (Å²) in [6, 6.07) is 1.70. The van der Waals surface area contributed by atoms with E-state index in [0.29, 0.717) is 0 Å². The molecule has 1 aromatic rings. The highest BCUT2D eigenvalue weighted by molar-refractivity contribution is 7.86. The largest absolute Gasteiger partial charge is 0.296 e. The molecule has 0 radical (unpaired) electrons. The Morgan fingerprint density at radius 1 is 1.47 bits per heavy atom. The number of thiol groups is 1. The highest BCUT2D eigenvalue weighted by atomic mass is 32.2. The van der Waals surface area contributed by atoms with Gasteiger partial charge in [-0.15, -0.1) is 12.6 Å². The Labute approximate surface area is 91.2 Å². The minimum absolute atomic E-state index is 0.197. The lowest BCUT2D eigenvalue weighted by Crippen LogP contribution is -1.99. The fourth-order valence-corrected chi connectivity index (χ4v) is 1.84. The monoisotopic (exact) mass is 250 g/mol. The zero-order valence-electron chi connectivity index (χ0n) is 7.55. The Balaban J connectivity index is 3.56. The summed E-state index contributed by atoms with van der Waals surface area (Å²) < 4.78 is 43.6. The van der Waals surface area contributed by atoms with Crippen molar-refractivity contribution in [1.82, 2.24) is 0 Å². The number of benzene rings is 1. The highest BCUT2D eigenvalue weighted by Crippen LogP contribution is 2.29. The summed E-state index contributed by atoms with van der Waals surface area (Å²) in [5.41, 5.74) is -0.268. The zero-order chi connectivity index (χ0) is 11.6. The molecule has 0 unspecified atom stereocenters. The maximum atomic E-state index is 13.0. The maximum Gasteiger partial charge on any atom is 0.296 e. The summed E-state index contributed by atoms with van der Waals surface area (Å²) in [6.45, 7) is 0.